The summed E-state index contributed by atoms with van der Waals surface area (Å²) >= 11 is 0. The molecule has 0 saturated carbocycles. The third-order valence-electron chi connectivity index (χ3n) is 3.71. The second kappa shape index (κ2) is 6.52. The summed E-state index contributed by atoms with van der Waals surface area (Å²) in [6, 6.07) is 10.1. The van der Waals surface area contributed by atoms with Crippen LogP contribution in [0.5, 0.6) is 0 Å². The van der Waals surface area contributed by atoms with E-state index in [-0.39, 0.29) is 10.5 Å². The van der Waals surface area contributed by atoms with Gasteiger partial charge in [-0.2, -0.15) is 8.42 Å². The molecular formula is C17H18O5S. The fraction of sp³-hybridized carbons (Fsp3) is 0.235. The normalized spacial score (nSPS) is 11.4. The number of hydrogen-bond donors (Lipinski definition) is 2. The predicted molar refractivity (Wildman–Crippen MR) is 86.5 cm³/mol. The van der Waals surface area contributed by atoms with Gasteiger partial charge in [0.2, 0.25) is 0 Å². The summed E-state index contributed by atoms with van der Waals surface area (Å²) < 4.78 is 31.9. The van der Waals surface area contributed by atoms with Gasteiger partial charge in [0.15, 0.2) is 0 Å². The van der Waals surface area contributed by atoms with Crippen LogP contribution in [0.3, 0.4) is 0 Å². The number of aryl methyl sites for hydroxylation is 4. The minimum absolute atomic E-state index is 0.114. The van der Waals surface area contributed by atoms with Gasteiger partial charge >= 0.3 is 5.97 Å². The second-order valence-electron chi connectivity index (χ2n) is 5.54. The molecule has 2 aromatic carbocycles. The van der Waals surface area contributed by atoms with Gasteiger partial charge in [-0.15, -0.1) is 0 Å². The van der Waals surface area contributed by atoms with Crippen molar-refractivity contribution in [2.24, 2.45) is 0 Å². The largest absolute Gasteiger partial charge is 0.478 e. The Bertz CT molecular complexity index is 853. The molecule has 5 nitrogen and oxygen atoms in total. The molecule has 0 aliphatic rings. The Labute approximate surface area is 135 Å². The lowest BCUT2D eigenvalue weighted by atomic mass is 9.98. The zero-order valence-electron chi connectivity index (χ0n) is 12.9. The number of carboxylic acids is 1. The molecule has 0 atom stereocenters. The minimum Gasteiger partial charge on any atom is -0.478 e. The molecule has 2 N–H and O–H groups in total. The summed E-state index contributed by atoms with van der Waals surface area (Å²) in [5, 5.41) is 9.26. The van der Waals surface area contributed by atoms with Crippen LogP contribution < -0.4 is 0 Å². The van der Waals surface area contributed by atoms with Crippen LogP contribution in [0, 0.1) is 13.8 Å². The van der Waals surface area contributed by atoms with Gasteiger partial charge < -0.3 is 5.11 Å². The van der Waals surface area contributed by atoms with E-state index in [1.165, 1.54) is 6.07 Å². The number of carbonyl (C=O) groups is 1. The Hall–Kier alpha value is -2.18. The van der Waals surface area contributed by atoms with Crippen molar-refractivity contribution >= 4 is 16.1 Å². The molecule has 0 bridgehead atoms. The Morgan fingerprint density at radius 1 is 1.04 bits per heavy atom. The molecule has 122 valence electrons. The molecule has 0 heterocycles. The third kappa shape index (κ3) is 4.18. The first-order chi connectivity index (χ1) is 10.7. The van der Waals surface area contributed by atoms with Crippen LogP contribution in [-0.4, -0.2) is 24.0 Å². The van der Waals surface area contributed by atoms with Gasteiger partial charge in [0, 0.05) is 0 Å². The fourth-order valence-corrected chi connectivity index (χ4v) is 3.24. The van der Waals surface area contributed by atoms with Gasteiger partial charge in [0.1, 0.15) is 0 Å². The predicted octanol–water partition coefficient (Wildman–Crippen LogP) is 3.03. The van der Waals surface area contributed by atoms with Crippen LogP contribution in [0.25, 0.3) is 0 Å². The summed E-state index contributed by atoms with van der Waals surface area (Å²) in [6.07, 6.45) is 0.946. The highest BCUT2D eigenvalue weighted by atomic mass is 32.2. The molecule has 0 spiro atoms. The van der Waals surface area contributed by atoms with Crippen LogP contribution in [0.1, 0.15) is 32.6 Å². The Kier molecular flexibility index (Phi) is 4.87. The van der Waals surface area contributed by atoms with Crippen molar-refractivity contribution in [1.29, 1.82) is 0 Å². The molecule has 6 heteroatoms. The van der Waals surface area contributed by atoms with E-state index >= 15 is 0 Å². The van der Waals surface area contributed by atoms with Crippen molar-refractivity contribution in [3.05, 3.63) is 64.2 Å². The van der Waals surface area contributed by atoms with Crippen molar-refractivity contribution in [3.8, 4) is 0 Å². The van der Waals surface area contributed by atoms with Crippen LogP contribution >= 0.6 is 0 Å². The van der Waals surface area contributed by atoms with E-state index in [1.54, 1.807) is 31.2 Å². The van der Waals surface area contributed by atoms with Gasteiger partial charge in [0.25, 0.3) is 10.1 Å². The number of benzene rings is 2. The van der Waals surface area contributed by atoms with Crippen LogP contribution in [0.4, 0.5) is 0 Å². The van der Waals surface area contributed by atoms with Gasteiger partial charge in [0.05, 0.1) is 10.5 Å². The maximum absolute atomic E-state index is 11.3. The summed E-state index contributed by atoms with van der Waals surface area (Å²) in [4.78, 5) is 11.2. The van der Waals surface area contributed by atoms with Crippen molar-refractivity contribution in [3.63, 3.8) is 0 Å². The Balaban J connectivity index is 2.27. The van der Waals surface area contributed by atoms with Crippen molar-refractivity contribution in [2.45, 2.75) is 31.6 Å². The topological polar surface area (TPSA) is 91.7 Å². The highest BCUT2D eigenvalue weighted by Gasteiger charge is 2.14. The quantitative estimate of drug-likeness (QED) is 0.820. The third-order valence-corrected chi connectivity index (χ3v) is 4.70. The van der Waals surface area contributed by atoms with Gasteiger partial charge in [-0.1, -0.05) is 29.8 Å². The molecule has 0 unspecified atom stereocenters. The number of rotatable bonds is 5. The minimum atomic E-state index is -4.26. The first-order valence-electron chi connectivity index (χ1n) is 7.08. The van der Waals surface area contributed by atoms with E-state index < -0.39 is 16.1 Å². The number of hydrogen-bond acceptors (Lipinski definition) is 3. The molecule has 0 fully saturated rings. The molecule has 0 saturated heterocycles. The van der Waals surface area contributed by atoms with Crippen molar-refractivity contribution in [1.82, 2.24) is 0 Å². The molecule has 0 amide bonds. The van der Waals surface area contributed by atoms with E-state index in [0.717, 1.165) is 11.1 Å². The molecule has 2 aromatic rings. The first kappa shape index (κ1) is 17.2. The number of aromatic carboxylic acids is 1. The molecule has 2 rings (SSSR count). The summed E-state index contributed by atoms with van der Waals surface area (Å²) in [6.45, 7) is 3.43. The maximum Gasteiger partial charge on any atom is 0.335 e. The zero-order valence-corrected chi connectivity index (χ0v) is 13.7. The molecule has 0 radical (unpaired) electrons. The molecule has 0 aromatic heterocycles. The summed E-state index contributed by atoms with van der Waals surface area (Å²) in [5.41, 5.74) is 3.01. The van der Waals surface area contributed by atoms with Gasteiger partial charge in [-0.25, -0.2) is 4.79 Å². The van der Waals surface area contributed by atoms with Gasteiger partial charge in [-0.3, -0.25) is 4.55 Å². The van der Waals surface area contributed by atoms with E-state index in [0.29, 0.717) is 24.0 Å². The summed E-state index contributed by atoms with van der Waals surface area (Å²) in [5.74, 6) is -0.980. The van der Waals surface area contributed by atoms with Crippen molar-refractivity contribution < 1.29 is 22.9 Å². The average molecular weight is 334 g/mol. The fourth-order valence-electron chi connectivity index (χ4n) is 2.46. The summed E-state index contributed by atoms with van der Waals surface area (Å²) in [7, 11) is -4.26. The lowest BCUT2D eigenvalue weighted by molar-refractivity contribution is 0.0695. The van der Waals surface area contributed by atoms with Gasteiger partial charge in [-0.05, 0) is 55.5 Å². The lowest BCUT2D eigenvalue weighted by Gasteiger charge is -2.09. The van der Waals surface area contributed by atoms with E-state index in [9.17, 15) is 22.9 Å². The van der Waals surface area contributed by atoms with E-state index in [4.69, 9.17) is 0 Å². The highest BCUT2D eigenvalue weighted by molar-refractivity contribution is 7.85. The first-order valence-corrected chi connectivity index (χ1v) is 8.52. The highest BCUT2D eigenvalue weighted by Crippen LogP contribution is 2.19. The molecular weight excluding hydrogens is 316 g/mol. The maximum atomic E-state index is 11.3. The van der Waals surface area contributed by atoms with Crippen LogP contribution in [0.2, 0.25) is 0 Å². The standard InChI is InChI=1S/C17H18O5S/c1-11-3-7-14(15(9-11)17(18)19)8-6-13-5-4-12(2)16(10-13)23(20,21)22/h3-5,7,9-10H,6,8H2,1-2H3,(H,18,19)(H,20,21,22). The molecule has 23 heavy (non-hydrogen) atoms. The Morgan fingerprint density at radius 2 is 1.74 bits per heavy atom. The Morgan fingerprint density at radius 3 is 2.35 bits per heavy atom. The van der Waals surface area contributed by atoms with E-state index in [2.05, 4.69) is 0 Å². The van der Waals surface area contributed by atoms with Crippen LogP contribution in [-0.2, 0) is 23.0 Å². The zero-order chi connectivity index (χ0) is 17.2. The van der Waals surface area contributed by atoms with E-state index in [1.807, 2.05) is 13.0 Å². The monoisotopic (exact) mass is 334 g/mol. The SMILES string of the molecule is Cc1ccc(CCc2ccc(C)c(S(=O)(=O)O)c2)c(C(=O)O)c1. The van der Waals surface area contributed by atoms with Crippen LogP contribution in [0.15, 0.2) is 41.3 Å². The molecule has 0 aliphatic carbocycles. The molecule has 0 aliphatic heterocycles. The lowest BCUT2D eigenvalue weighted by Crippen LogP contribution is -2.05. The average Bonchev–Trinajstić information content (AvgIpc) is 2.46. The smallest absolute Gasteiger partial charge is 0.335 e. The second-order valence-corrected chi connectivity index (χ2v) is 6.93. The van der Waals surface area contributed by atoms with Crippen molar-refractivity contribution in [2.75, 3.05) is 0 Å². The number of carboxylic acid groups (broad SMARTS) is 1.